The molecule has 0 saturated carbocycles. The van der Waals surface area contributed by atoms with Crippen LogP contribution in [0.25, 0.3) is 0 Å². The van der Waals surface area contributed by atoms with Gasteiger partial charge < -0.3 is 30.0 Å². The zero-order valence-electron chi connectivity index (χ0n) is 16.1. The predicted molar refractivity (Wildman–Crippen MR) is 99.7 cm³/mol. The lowest BCUT2D eigenvalue weighted by Crippen LogP contribution is -2.40. The second-order valence-corrected chi connectivity index (χ2v) is 6.66. The van der Waals surface area contributed by atoms with Crippen molar-refractivity contribution >= 4 is 17.8 Å². The van der Waals surface area contributed by atoms with Crippen LogP contribution in [0.3, 0.4) is 0 Å². The molecule has 3 N–H and O–H groups in total. The lowest BCUT2D eigenvalue weighted by molar-refractivity contribution is -0.137. The van der Waals surface area contributed by atoms with Crippen LogP contribution in [0.2, 0.25) is 0 Å². The molecule has 0 aliphatic carbocycles. The fraction of sp³-hybridized carbons (Fsp3) is 0.526. The highest BCUT2D eigenvalue weighted by Gasteiger charge is 2.27. The normalized spacial score (nSPS) is 16.4. The SMILES string of the molecule is COc1cc(C(=O)N2CCCC(CCC(=O)O)C2)cc(OC)c1OCC(N)=O. The summed E-state index contributed by atoms with van der Waals surface area (Å²) in [7, 11) is 2.84. The number of carboxylic acid groups (broad SMARTS) is 1. The van der Waals surface area contributed by atoms with E-state index in [0.29, 0.717) is 25.1 Å². The van der Waals surface area contributed by atoms with E-state index in [1.54, 1.807) is 4.90 Å². The molecule has 1 aromatic carbocycles. The largest absolute Gasteiger partial charge is 0.493 e. The number of amides is 2. The first-order chi connectivity index (χ1) is 13.3. The Bertz CT molecular complexity index is 710. The molecule has 0 radical (unpaired) electrons. The molecule has 154 valence electrons. The number of hydrogen-bond donors (Lipinski definition) is 2. The van der Waals surface area contributed by atoms with Crippen molar-refractivity contribution in [3.63, 3.8) is 0 Å². The van der Waals surface area contributed by atoms with E-state index in [1.165, 1.54) is 26.4 Å². The maximum atomic E-state index is 13.0. The molecule has 1 unspecified atom stereocenters. The molecule has 1 aliphatic rings. The van der Waals surface area contributed by atoms with Crippen LogP contribution < -0.4 is 19.9 Å². The Hall–Kier alpha value is -2.97. The van der Waals surface area contributed by atoms with Crippen molar-refractivity contribution in [1.82, 2.24) is 4.90 Å². The first-order valence-corrected chi connectivity index (χ1v) is 9.03. The molecular weight excluding hydrogens is 368 g/mol. The number of ether oxygens (including phenoxy) is 3. The molecule has 1 aromatic rings. The minimum Gasteiger partial charge on any atom is -0.493 e. The fourth-order valence-electron chi connectivity index (χ4n) is 3.28. The number of carbonyl (C=O) groups excluding carboxylic acids is 2. The number of carboxylic acids is 1. The second-order valence-electron chi connectivity index (χ2n) is 6.66. The lowest BCUT2D eigenvalue weighted by Gasteiger charge is -2.33. The van der Waals surface area contributed by atoms with E-state index in [2.05, 4.69) is 0 Å². The summed E-state index contributed by atoms with van der Waals surface area (Å²) in [5.41, 5.74) is 5.47. The van der Waals surface area contributed by atoms with Gasteiger partial charge in [0.1, 0.15) is 0 Å². The van der Waals surface area contributed by atoms with Crippen LogP contribution in [0.15, 0.2) is 12.1 Å². The van der Waals surface area contributed by atoms with Crippen molar-refractivity contribution in [2.75, 3.05) is 33.9 Å². The standard InChI is InChI=1S/C19H26N2O7/c1-26-14-8-13(9-15(27-2)18(14)28-11-16(20)22)19(25)21-7-3-4-12(10-21)5-6-17(23)24/h8-9,12H,3-7,10-11H2,1-2H3,(H2,20,22)(H,23,24). The van der Waals surface area contributed by atoms with Gasteiger partial charge in [-0.15, -0.1) is 0 Å². The van der Waals surface area contributed by atoms with Gasteiger partial charge in [0.2, 0.25) is 5.75 Å². The topological polar surface area (TPSA) is 128 Å². The molecule has 1 saturated heterocycles. The molecule has 28 heavy (non-hydrogen) atoms. The van der Waals surface area contributed by atoms with Crippen molar-refractivity contribution in [3.8, 4) is 17.2 Å². The Morgan fingerprint density at radius 1 is 1.21 bits per heavy atom. The Labute approximate surface area is 163 Å². The third-order valence-electron chi connectivity index (χ3n) is 4.64. The number of rotatable bonds is 9. The van der Waals surface area contributed by atoms with E-state index in [0.717, 1.165) is 12.8 Å². The molecule has 1 atom stereocenters. The van der Waals surface area contributed by atoms with Crippen molar-refractivity contribution in [1.29, 1.82) is 0 Å². The summed E-state index contributed by atoms with van der Waals surface area (Å²) < 4.78 is 15.9. The van der Waals surface area contributed by atoms with Gasteiger partial charge in [0.05, 0.1) is 14.2 Å². The minimum atomic E-state index is -0.829. The number of primary amides is 1. The van der Waals surface area contributed by atoms with Gasteiger partial charge in [-0.3, -0.25) is 14.4 Å². The summed E-state index contributed by atoms with van der Waals surface area (Å²) in [5.74, 6) is -0.812. The summed E-state index contributed by atoms with van der Waals surface area (Å²) >= 11 is 0. The van der Waals surface area contributed by atoms with E-state index in [1.807, 2.05) is 0 Å². The maximum absolute atomic E-state index is 13.0. The van der Waals surface area contributed by atoms with E-state index >= 15 is 0 Å². The highest BCUT2D eigenvalue weighted by Crippen LogP contribution is 2.39. The van der Waals surface area contributed by atoms with Gasteiger partial charge in [0, 0.05) is 25.1 Å². The maximum Gasteiger partial charge on any atom is 0.303 e. The zero-order valence-corrected chi connectivity index (χ0v) is 16.1. The monoisotopic (exact) mass is 394 g/mol. The Kier molecular flexibility index (Phi) is 7.48. The number of hydrogen-bond acceptors (Lipinski definition) is 6. The predicted octanol–water partition coefficient (Wildman–Crippen LogP) is 1.28. The van der Waals surface area contributed by atoms with Crippen LogP contribution in [0, 0.1) is 5.92 Å². The third-order valence-corrected chi connectivity index (χ3v) is 4.64. The average molecular weight is 394 g/mol. The number of aliphatic carboxylic acids is 1. The van der Waals surface area contributed by atoms with Crippen molar-refractivity contribution < 1.29 is 33.7 Å². The van der Waals surface area contributed by atoms with E-state index in [4.69, 9.17) is 25.1 Å². The highest BCUT2D eigenvalue weighted by atomic mass is 16.5. The Balaban J connectivity index is 2.20. The fourth-order valence-corrected chi connectivity index (χ4v) is 3.28. The number of carbonyl (C=O) groups is 3. The van der Waals surface area contributed by atoms with Crippen molar-refractivity contribution in [2.24, 2.45) is 11.7 Å². The van der Waals surface area contributed by atoms with Gasteiger partial charge in [0.25, 0.3) is 11.8 Å². The minimum absolute atomic E-state index is 0.0975. The van der Waals surface area contributed by atoms with Crippen molar-refractivity contribution in [3.05, 3.63) is 17.7 Å². The van der Waals surface area contributed by atoms with Gasteiger partial charge in [-0.05, 0) is 37.3 Å². The zero-order chi connectivity index (χ0) is 20.7. The molecule has 1 fully saturated rings. The number of nitrogens with two attached hydrogens (primary N) is 1. The Morgan fingerprint density at radius 2 is 1.86 bits per heavy atom. The molecule has 1 aliphatic heterocycles. The van der Waals surface area contributed by atoms with Gasteiger partial charge in [-0.2, -0.15) is 0 Å². The van der Waals surface area contributed by atoms with Crippen LogP contribution in [-0.2, 0) is 9.59 Å². The van der Waals surface area contributed by atoms with Gasteiger partial charge in [-0.1, -0.05) is 0 Å². The number of likely N-dealkylation sites (tertiary alicyclic amines) is 1. The summed E-state index contributed by atoms with van der Waals surface area (Å²) in [5, 5.41) is 8.87. The van der Waals surface area contributed by atoms with Crippen molar-refractivity contribution in [2.45, 2.75) is 25.7 Å². The number of piperidine rings is 1. The van der Waals surface area contributed by atoms with E-state index in [9.17, 15) is 14.4 Å². The Morgan fingerprint density at radius 3 is 2.39 bits per heavy atom. The van der Waals surface area contributed by atoms with Crippen LogP contribution >= 0.6 is 0 Å². The van der Waals surface area contributed by atoms with Gasteiger partial charge in [0.15, 0.2) is 18.1 Å². The number of nitrogens with zero attached hydrogens (tertiary/aromatic N) is 1. The van der Waals surface area contributed by atoms with Crippen LogP contribution in [-0.4, -0.2) is 61.7 Å². The highest BCUT2D eigenvalue weighted by molar-refractivity contribution is 5.95. The molecular formula is C19H26N2O7. The third kappa shape index (κ3) is 5.51. The summed E-state index contributed by atoms with van der Waals surface area (Å²) in [6, 6.07) is 3.06. The van der Waals surface area contributed by atoms with Gasteiger partial charge in [-0.25, -0.2) is 0 Å². The summed E-state index contributed by atoms with van der Waals surface area (Å²) in [6.45, 7) is 0.765. The second kappa shape index (κ2) is 9.82. The number of methoxy groups -OCH3 is 2. The quantitative estimate of drug-likeness (QED) is 0.646. The molecule has 0 aromatic heterocycles. The molecule has 9 nitrogen and oxygen atoms in total. The molecule has 2 amide bonds. The lowest BCUT2D eigenvalue weighted by atomic mass is 9.93. The summed E-state index contributed by atoms with van der Waals surface area (Å²) in [4.78, 5) is 36.5. The van der Waals surface area contributed by atoms with E-state index in [-0.39, 0.29) is 42.1 Å². The van der Waals surface area contributed by atoms with Crippen LogP contribution in [0.4, 0.5) is 0 Å². The summed E-state index contributed by atoms with van der Waals surface area (Å²) in [6.07, 6.45) is 2.37. The van der Waals surface area contributed by atoms with Crippen LogP contribution in [0.1, 0.15) is 36.0 Å². The van der Waals surface area contributed by atoms with E-state index < -0.39 is 11.9 Å². The first-order valence-electron chi connectivity index (χ1n) is 9.03. The number of benzene rings is 1. The molecule has 1 heterocycles. The average Bonchev–Trinajstić information content (AvgIpc) is 2.69. The molecule has 0 bridgehead atoms. The molecule has 9 heteroatoms. The van der Waals surface area contributed by atoms with Crippen LogP contribution in [0.5, 0.6) is 17.2 Å². The smallest absolute Gasteiger partial charge is 0.303 e. The molecule has 2 rings (SSSR count). The van der Waals surface area contributed by atoms with Gasteiger partial charge >= 0.3 is 5.97 Å². The first kappa shape index (κ1) is 21.3. The molecule has 0 spiro atoms.